The van der Waals surface area contributed by atoms with Crippen LogP contribution in [-0.4, -0.2) is 42.9 Å². The molecular formula is C20H33N3O2. The van der Waals surface area contributed by atoms with Crippen LogP contribution in [0, 0.1) is 5.92 Å². The molecule has 0 aliphatic heterocycles. The molecule has 0 aliphatic carbocycles. The van der Waals surface area contributed by atoms with Gasteiger partial charge in [0.15, 0.2) is 0 Å². The van der Waals surface area contributed by atoms with E-state index in [9.17, 15) is 9.59 Å². The summed E-state index contributed by atoms with van der Waals surface area (Å²) in [6.45, 7) is 12.1. The molecule has 0 unspecified atom stereocenters. The molecule has 0 saturated heterocycles. The molecule has 0 aliphatic rings. The average Bonchev–Trinajstić information content (AvgIpc) is 2.63. The van der Waals surface area contributed by atoms with Crippen molar-refractivity contribution in [3.63, 3.8) is 0 Å². The lowest BCUT2D eigenvalue weighted by molar-refractivity contribution is -0.120. The molecule has 2 N–H and O–H groups in total. The van der Waals surface area contributed by atoms with Crippen LogP contribution in [0.4, 0.5) is 5.69 Å². The Kier molecular flexibility index (Phi) is 9.85. The van der Waals surface area contributed by atoms with Crippen LogP contribution in [0.2, 0.25) is 0 Å². The number of nitrogens with zero attached hydrogens (tertiary/aromatic N) is 1. The SMILES string of the molecule is CCC(CC)C(=O)Nc1ccc(C(=O)NCCCN(CC)CC)cc1. The summed E-state index contributed by atoms with van der Waals surface area (Å²) in [4.78, 5) is 26.6. The minimum absolute atomic E-state index is 0.0359. The number of benzene rings is 1. The smallest absolute Gasteiger partial charge is 0.251 e. The monoisotopic (exact) mass is 347 g/mol. The van der Waals surface area contributed by atoms with Gasteiger partial charge in [-0.1, -0.05) is 27.7 Å². The molecule has 1 rings (SSSR count). The summed E-state index contributed by atoms with van der Waals surface area (Å²) in [5, 5.41) is 5.86. The highest BCUT2D eigenvalue weighted by atomic mass is 16.2. The summed E-state index contributed by atoms with van der Waals surface area (Å²) < 4.78 is 0. The van der Waals surface area contributed by atoms with E-state index < -0.39 is 0 Å². The minimum atomic E-state index is -0.0718. The van der Waals surface area contributed by atoms with Crippen LogP contribution < -0.4 is 10.6 Å². The van der Waals surface area contributed by atoms with Gasteiger partial charge in [-0.2, -0.15) is 0 Å². The topological polar surface area (TPSA) is 61.4 Å². The number of carbonyl (C=O) groups is 2. The van der Waals surface area contributed by atoms with E-state index >= 15 is 0 Å². The fourth-order valence-corrected chi connectivity index (χ4v) is 2.76. The summed E-state index contributed by atoms with van der Waals surface area (Å²) in [7, 11) is 0. The van der Waals surface area contributed by atoms with E-state index in [0.29, 0.717) is 12.1 Å². The van der Waals surface area contributed by atoms with E-state index in [-0.39, 0.29) is 17.7 Å². The second kappa shape index (κ2) is 11.6. The van der Waals surface area contributed by atoms with E-state index in [1.807, 2.05) is 13.8 Å². The van der Waals surface area contributed by atoms with E-state index in [2.05, 4.69) is 29.4 Å². The number of rotatable bonds is 11. The lowest BCUT2D eigenvalue weighted by Gasteiger charge is -2.17. The normalized spacial score (nSPS) is 11.0. The second-order valence-electron chi connectivity index (χ2n) is 6.22. The molecule has 5 nitrogen and oxygen atoms in total. The number of anilines is 1. The molecule has 1 aromatic carbocycles. The Balaban J connectivity index is 2.44. The largest absolute Gasteiger partial charge is 0.352 e. The quantitative estimate of drug-likeness (QED) is 0.602. The summed E-state index contributed by atoms with van der Waals surface area (Å²) >= 11 is 0. The van der Waals surface area contributed by atoms with Gasteiger partial charge in [0.25, 0.3) is 5.91 Å². The highest BCUT2D eigenvalue weighted by Gasteiger charge is 2.14. The predicted octanol–water partition coefficient (Wildman–Crippen LogP) is 3.52. The second-order valence-corrected chi connectivity index (χ2v) is 6.22. The maximum Gasteiger partial charge on any atom is 0.251 e. The Morgan fingerprint density at radius 1 is 1.00 bits per heavy atom. The highest BCUT2D eigenvalue weighted by Crippen LogP contribution is 2.14. The summed E-state index contributed by atoms with van der Waals surface area (Å²) in [5.74, 6) is 0.00445. The van der Waals surface area contributed by atoms with Crippen LogP contribution in [0.5, 0.6) is 0 Å². The molecule has 5 heteroatoms. The molecule has 0 bridgehead atoms. The first-order valence-electron chi connectivity index (χ1n) is 9.47. The third kappa shape index (κ3) is 7.26. The lowest BCUT2D eigenvalue weighted by Crippen LogP contribution is -2.29. The first-order valence-corrected chi connectivity index (χ1v) is 9.47. The Bertz CT molecular complexity index is 520. The Morgan fingerprint density at radius 2 is 1.60 bits per heavy atom. The lowest BCUT2D eigenvalue weighted by atomic mass is 10.0. The maximum atomic E-state index is 12.2. The zero-order chi connectivity index (χ0) is 18.7. The van der Waals surface area contributed by atoms with Crippen molar-refractivity contribution in [2.24, 2.45) is 5.92 Å². The zero-order valence-corrected chi connectivity index (χ0v) is 16.1. The van der Waals surface area contributed by atoms with Gasteiger partial charge < -0.3 is 15.5 Å². The molecule has 2 amide bonds. The van der Waals surface area contributed by atoms with Crippen molar-refractivity contribution in [2.75, 3.05) is 31.5 Å². The van der Waals surface area contributed by atoms with Crippen molar-refractivity contribution >= 4 is 17.5 Å². The molecular weight excluding hydrogens is 314 g/mol. The molecule has 0 aromatic heterocycles. The van der Waals surface area contributed by atoms with Gasteiger partial charge in [0.1, 0.15) is 0 Å². The highest BCUT2D eigenvalue weighted by molar-refractivity contribution is 5.96. The van der Waals surface area contributed by atoms with Crippen LogP contribution >= 0.6 is 0 Å². The Morgan fingerprint density at radius 3 is 2.12 bits per heavy atom. The van der Waals surface area contributed by atoms with Crippen molar-refractivity contribution in [1.29, 1.82) is 0 Å². The number of hydrogen-bond acceptors (Lipinski definition) is 3. The molecule has 0 radical (unpaired) electrons. The molecule has 0 spiro atoms. The molecule has 1 aromatic rings. The van der Waals surface area contributed by atoms with Crippen LogP contribution in [0.1, 0.15) is 57.3 Å². The Hall–Kier alpha value is -1.88. The first kappa shape index (κ1) is 21.2. The van der Waals surface area contributed by atoms with E-state index in [1.54, 1.807) is 24.3 Å². The third-order valence-electron chi connectivity index (χ3n) is 4.60. The first-order chi connectivity index (χ1) is 12.0. The number of hydrogen-bond donors (Lipinski definition) is 2. The maximum absolute atomic E-state index is 12.2. The molecule has 0 saturated carbocycles. The van der Waals surface area contributed by atoms with Crippen LogP contribution in [-0.2, 0) is 4.79 Å². The van der Waals surface area contributed by atoms with Gasteiger partial charge in [-0.05, 0) is 63.2 Å². The zero-order valence-electron chi connectivity index (χ0n) is 16.1. The average molecular weight is 348 g/mol. The van der Waals surface area contributed by atoms with Crippen LogP contribution in [0.15, 0.2) is 24.3 Å². The van der Waals surface area contributed by atoms with E-state index in [0.717, 1.165) is 44.6 Å². The van der Waals surface area contributed by atoms with Gasteiger partial charge in [-0.15, -0.1) is 0 Å². The van der Waals surface area contributed by atoms with Gasteiger partial charge in [-0.25, -0.2) is 0 Å². The van der Waals surface area contributed by atoms with Crippen LogP contribution in [0.25, 0.3) is 0 Å². The number of amides is 2. The van der Waals surface area contributed by atoms with Crippen molar-refractivity contribution < 1.29 is 9.59 Å². The number of nitrogens with one attached hydrogen (secondary N) is 2. The summed E-state index contributed by atoms with van der Waals surface area (Å²) in [6.07, 6.45) is 2.60. The number of carbonyl (C=O) groups excluding carboxylic acids is 2. The third-order valence-corrected chi connectivity index (χ3v) is 4.60. The minimum Gasteiger partial charge on any atom is -0.352 e. The van der Waals surface area contributed by atoms with Crippen molar-refractivity contribution in [2.45, 2.75) is 47.0 Å². The molecule has 140 valence electrons. The molecule has 0 atom stereocenters. The van der Waals surface area contributed by atoms with Gasteiger partial charge in [-0.3, -0.25) is 9.59 Å². The van der Waals surface area contributed by atoms with Crippen LogP contribution in [0.3, 0.4) is 0 Å². The fourth-order valence-electron chi connectivity index (χ4n) is 2.76. The molecule has 0 heterocycles. The van der Waals surface area contributed by atoms with Gasteiger partial charge in [0.2, 0.25) is 5.91 Å². The van der Waals surface area contributed by atoms with Gasteiger partial charge >= 0.3 is 0 Å². The van der Waals surface area contributed by atoms with Crippen molar-refractivity contribution in [3.8, 4) is 0 Å². The Labute approximate surface area is 152 Å². The van der Waals surface area contributed by atoms with E-state index in [4.69, 9.17) is 0 Å². The van der Waals surface area contributed by atoms with Crippen molar-refractivity contribution in [3.05, 3.63) is 29.8 Å². The predicted molar refractivity (Wildman–Crippen MR) is 104 cm³/mol. The molecule has 25 heavy (non-hydrogen) atoms. The standard InChI is InChI=1S/C20H33N3O2/c1-5-16(6-2)20(25)22-18-12-10-17(11-13-18)19(24)21-14-9-15-23(7-3)8-4/h10-13,16H,5-9,14-15H2,1-4H3,(H,21,24)(H,22,25). The fraction of sp³-hybridized carbons (Fsp3) is 0.600. The summed E-state index contributed by atoms with van der Waals surface area (Å²) in [5.41, 5.74) is 1.35. The van der Waals surface area contributed by atoms with Gasteiger partial charge in [0.05, 0.1) is 0 Å². The van der Waals surface area contributed by atoms with E-state index in [1.165, 1.54) is 0 Å². The summed E-state index contributed by atoms with van der Waals surface area (Å²) in [6, 6.07) is 7.07. The van der Waals surface area contributed by atoms with Gasteiger partial charge in [0, 0.05) is 23.7 Å². The molecule has 0 fully saturated rings. The van der Waals surface area contributed by atoms with Crippen molar-refractivity contribution in [1.82, 2.24) is 10.2 Å².